The molecule has 1 unspecified atom stereocenters. The number of nitrogens with one attached hydrogen (secondary N) is 1. The number of rotatable bonds is 4. The predicted octanol–water partition coefficient (Wildman–Crippen LogP) is -0.445. The van der Waals surface area contributed by atoms with Crippen molar-refractivity contribution in [3.8, 4) is 0 Å². The molecule has 1 atom stereocenters. The first-order chi connectivity index (χ1) is 5.49. The summed E-state index contributed by atoms with van der Waals surface area (Å²) in [6.07, 6.45) is 0.0945. The molecular weight excluding hydrogens is 162 g/mol. The number of aliphatic carboxylic acids is 1. The van der Waals surface area contributed by atoms with E-state index in [1.165, 1.54) is 6.92 Å². The van der Waals surface area contributed by atoms with Gasteiger partial charge >= 0.3 is 5.97 Å². The van der Waals surface area contributed by atoms with E-state index in [2.05, 4.69) is 0 Å². The second-order valence-corrected chi connectivity index (χ2v) is 2.29. The quantitative estimate of drug-likeness (QED) is 0.564. The van der Waals surface area contributed by atoms with Crippen LogP contribution in [0.5, 0.6) is 0 Å². The number of amides is 1. The Labute approximate surface area is 69.8 Å². The molecule has 5 nitrogen and oxygen atoms in total. The van der Waals surface area contributed by atoms with E-state index in [-0.39, 0.29) is 6.42 Å². The minimum absolute atomic E-state index is 0.0945. The zero-order valence-electron chi connectivity index (χ0n) is 6.96. The van der Waals surface area contributed by atoms with Crippen LogP contribution in [0.2, 0.25) is 0 Å². The molecule has 0 aromatic heterocycles. The van der Waals surface area contributed by atoms with Crippen LogP contribution in [-0.2, 0) is 14.4 Å². The number of carboxylic acid groups (broad SMARTS) is 1. The van der Waals surface area contributed by atoms with Gasteiger partial charge < -0.3 is 10.4 Å². The Bertz CT molecular complexity index is 211. The molecule has 0 aromatic rings. The molecule has 1 amide bonds. The average molecular weight is 173 g/mol. The van der Waals surface area contributed by atoms with Gasteiger partial charge in [0.2, 0.25) is 5.91 Å². The van der Waals surface area contributed by atoms with Crippen molar-refractivity contribution < 1.29 is 19.5 Å². The van der Waals surface area contributed by atoms with Gasteiger partial charge in [-0.15, -0.1) is 0 Å². The van der Waals surface area contributed by atoms with Crippen molar-refractivity contribution in [2.45, 2.75) is 26.3 Å². The smallest absolute Gasteiger partial charge is 0.334 e. The lowest BCUT2D eigenvalue weighted by atomic mass is 10.1. The summed E-state index contributed by atoms with van der Waals surface area (Å²) in [4.78, 5) is 31.7. The van der Waals surface area contributed by atoms with Gasteiger partial charge in [0.05, 0.1) is 0 Å². The number of hydrogen-bond acceptors (Lipinski definition) is 3. The Morgan fingerprint density at radius 3 is 2.17 bits per heavy atom. The zero-order valence-corrected chi connectivity index (χ0v) is 6.96. The van der Waals surface area contributed by atoms with Crippen molar-refractivity contribution in [1.29, 1.82) is 0 Å². The minimum atomic E-state index is -1.40. The molecule has 68 valence electrons. The van der Waals surface area contributed by atoms with Crippen molar-refractivity contribution in [2.75, 3.05) is 0 Å². The largest absolute Gasteiger partial charge is 0.479 e. The van der Waals surface area contributed by atoms with Crippen molar-refractivity contribution in [2.24, 2.45) is 0 Å². The molecule has 0 bridgehead atoms. The lowest BCUT2D eigenvalue weighted by Gasteiger charge is -2.09. The summed E-state index contributed by atoms with van der Waals surface area (Å²) in [5.74, 6) is -2.35. The van der Waals surface area contributed by atoms with E-state index in [0.29, 0.717) is 0 Å². The first-order valence-corrected chi connectivity index (χ1v) is 3.51. The van der Waals surface area contributed by atoms with Crippen molar-refractivity contribution in [3.05, 3.63) is 0 Å². The molecule has 0 saturated carbocycles. The van der Waals surface area contributed by atoms with Crippen LogP contribution in [0.3, 0.4) is 0 Å². The molecule has 0 aromatic carbocycles. The van der Waals surface area contributed by atoms with Gasteiger partial charge in [0.15, 0.2) is 11.8 Å². The third-order valence-corrected chi connectivity index (χ3v) is 1.26. The van der Waals surface area contributed by atoms with Crippen LogP contribution in [0.4, 0.5) is 0 Å². The predicted molar refractivity (Wildman–Crippen MR) is 40.5 cm³/mol. The Hall–Kier alpha value is -1.39. The second-order valence-electron chi connectivity index (χ2n) is 2.29. The zero-order chi connectivity index (χ0) is 9.72. The van der Waals surface area contributed by atoms with Crippen molar-refractivity contribution in [1.82, 2.24) is 5.32 Å². The highest BCUT2D eigenvalue weighted by Crippen LogP contribution is 1.91. The average Bonchev–Trinajstić information content (AvgIpc) is 1.98. The monoisotopic (exact) mass is 173 g/mol. The van der Waals surface area contributed by atoms with Crippen LogP contribution in [0.15, 0.2) is 0 Å². The number of ketones is 1. The van der Waals surface area contributed by atoms with E-state index >= 15 is 0 Å². The third-order valence-electron chi connectivity index (χ3n) is 1.26. The van der Waals surface area contributed by atoms with Crippen molar-refractivity contribution in [3.63, 3.8) is 0 Å². The second kappa shape index (κ2) is 4.48. The molecule has 0 rings (SSSR count). The van der Waals surface area contributed by atoms with Crippen LogP contribution in [-0.4, -0.2) is 28.8 Å². The first-order valence-electron chi connectivity index (χ1n) is 3.51. The Morgan fingerprint density at radius 2 is 1.92 bits per heavy atom. The maximum atomic E-state index is 10.9. The number of carbonyl (C=O) groups is 3. The van der Waals surface area contributed by atoms with Crippen LogP contribution < -0.4 is 5.32 Å². The molecule has 0 heterocycles. The summed E-state index contributed by atoms with van der Waals surface area (Å²) in [6, 6.07) is -1.40. The Balaban J connectivity index is 4.33. The Morgan fingerprint density at radius 1 is 1.42 bits per heavy atom. The van der Waals surface area contributed by atoms with Gasteiger partial charge in [-0.05, 0) is 0 Å². The summed E-state index contributed by atoms with van der Waals surface area (Å²) in [5.41, 5.74) is 0. The highest BCUT2D eigenvalue weighted by molar-refractivity contribution is 6.04. The maximum Gasteiger partial charge on any atom is 0.334 e. The fourth-order valence-corrected chi connectivity index (χ4v) is 0.687. The SMILES string of the molecule is CCC(=O)C(NC(C)=O)C(=O)O. The summed E-state index contributed by atoms with van der Waals surface area (Å²) in [7, 11) is 0. The summed E-state index contributed by atoms with van der Waals surface area (Å²) in [5, 5.41) is 10.5. The first kappa shape index (κ1) is 10.6. The minimum Gasteiger partial charge on any atom is -0.479 e. The number of Topliss-reactive ketones (excluding diaryl/α,β-unsaturated/α-hetero) is 1. The maximum absolute atomic E-state index is 10.9. The number of carboxylic acids is 1. The fourth-order valence-electron chi connectivity index (χ4n) is 0.687. The molecule has 0 aliphatic heterocycles. The van der Waals surface area contributed by atoms with E-state index in [1.807, 2.05) is 5.32 Å². The molecule has 0 saturated heterocycles. The summed E-state index contributed by atoms with van der Waals surface area (Å²) in [6.45, 7) is 2.71. The van der Waals surface area contributed by atoms with Crippen molar-refractivity contribution >= 4 is 17.7 Å². The van der Waals surface area contributed by atoms with E-state index in [1.54, 1.807) is 6.92 Å². The molecule has 0 aliphatic carbocycles. The molecular formula is C7H11NO4. The van der Waals surface area contributed by atoms with Gasteiger partial charge in [-0.1, -0.05) is 6.92 Å². The molecule has 5 heteroatoms. The molecule has 0 spiro atoms. The normalized spacial score (nSPS) is 11.8. The standard InChI is InChI=1S/C7H11NO4/c1-3-5(10)6(7(11)12)8-4(2)9/h6H,3H2,1-2H3,(H,8,9)(H,11,12). The number of hydrogen-bond donors (Lipinski definition) is 2. The van der Waals surface area contributed by atoms with Gasteiger partial charge in [-0.25, -0.2) is 4.79 Å². The van der Waals surface area contributed by atoms with E-state index in [4.69, 9.17) is 5.11 Å². The highest BCUT2D eigenvalue weighted by Gasteiger charge is 2.24. The van der Waals surface area contributed by atoms with Gasteiger partial charge in [0.25, 0.3) is 0 Å². The van der Waals surface area contributed by atoms with Crippen LogP contribution in [0, 0.1) is 0 Å². The van der Waals surface area contributed by atoms with Gasteiger partial charge in [-0.3, -0.25) is 9.59 Å². The van der Waals surface area contributed by atoms with E-state index < -0.39 is 23.7 Å². The molecule has 2 N–H and O–H groups in total. The summed E-state index contributed by atoms with van der Waals surface area (Å²) < 4.78 is 0. The lowest BCUT2D eigenvalue weighted by molar-refractivity contribution is -0.145. The summed E-state index contributed by atoms with van der Waals surface area (Å²) >= 11 is 0. The van der Waals surface area contributed by atoms with E-state index in [9.17, 15) is 14.4 Å². The molecule has 0 aliphatic rings. The molecule has 0 radical (unpaired) electrons. The van der Waals surface area contributed by atoms with Gasteiger partial charge in [-0.2, -0.15) is 0 Å². The highest BCUT2D eigenvalue weighted by atomic mass is 16.4. The van der Waals surface area contributed by atoms with Gasteiger partial charge in [0, 0.05) is 13.3 Å². The van der Waals surface area contributed by atoms with Crippen LogP contribution in [0.25, 0.3) is 0 Å². The van der Waals surface area contributed by atoms with E-state index in [0.717, 1.165) is 0 Å². The van der Waals surface area contributed by atoms with Crippen LogP contribution in [0.1, 0.15) is 20.3 Å². The fraction of sp³-hybridized carbons (Fsp3) is 0.571. The topological polar surface area (TPSA) is 83.5 Å². The molecule has 12 heavy (non-hydrogen) atoms. The third kappa shape index (κ3) is 3.14. The Kier molecular flexibility index (Phi) is 3.96. The van der Waals surface area contributed by atoms with Crippen LogP contribution >= 0.6 is 0 Å². The number of carbonyl (C=O) groups excluding carboxylic acids is 2. The molecule has 0 fully saturated rings. The lowest BCUT2D eigenvalue weighted by Crippen LogP contribution is -2.45. The van der Waals surface area contributed by atoms with Gasteiger partial charge in [0.1, 0.15) is 0 Å².